The Bertz CT molecular complexity index is 845. The molecule has 0 saturated carbocycles. The summed E-state index contributed by atoms with van der Waals surface area (Å²) in [5.41, 5.74) is 6.41. The molecule has 108 valence electrons. The van der Waals surface area contributed by atoms with E-state index in [1.807, 2.05) is 39.8 Å². The molecule has 0 fully saturated rings. The van der Waals surface area contributed by atoms with Crippen LogP contribution >= 0.6 is 11.6 Å². The maximum Gasteiger partial charge on any atom is 0.215 e. The fourth-order valence-corrected chi connectivity index (χ4v) is 3.15. The molecular weight excluding hydrogens is 286 g/mol. The zero-order valence-corrected chi connectivity index (χ0v) is 13.2. The SMILES string of the molecule is Cc1cc(O)n2nc(C)c(-c3c(C)cc(Cl)cc3C)c2n1. The summed E-state index contributed by atoms with van der Waals surface area (Å²) in [6, 6.07) is 5.47. The van der Waals surface area contributed by atoms with Crippen molar-refractivity contribution in [3.8, 4) is 17.0 Å². The Labute approximate surface area is 128 Å². The Morgan fingerprint density at radius 3 is 2.24 bits per heavy atom. The molecule has 4 nitrogen and oxygen atoms in total. The van der Waals surface area contributed by atoms with E-state index < -0.39 is 0 Å². The molecule has 1 N–H and O–H groups in total. The number of benzene rings is 1. The smallest absolute Gasteiger partial charge is 0.215 e. The Hall–Kier alpha value is -2.07. The first-order chi connectivity index (χ1) is 9.88. The van der Waals surface area contributed by atoms with Crippen LogP contribution in [0.2, 0.25) is 5.02 Å². The molecule has 5 heteroatoms. The standard InChI is InChI=1S/C16H16ClN3O/c1-8-5-12(17)6-9(2)14(8)15-11(4)19-20-13(21)7-10(3)18-16(15)20/h5-7,21H,1-4H3. The van der Waals surface area contributed by atoms with Gasteiger partial charge >= 0.3 is 0 Å². The first kappa shape index (κ1) is 13.9. The second kappa shape index (κ2) is 4.74. The predicted octanol–water partition coefficient (Wildman–Crippen LogP) is 3.99. The quantitative estimate of drug-likeness (QED) is 0.739. The van der Waals surface area contributed by atoms with Crippen molar-refractivity contribution in [2.45, 2.75) is 27.7 Å². The van der Waals surface area contributed by atoms with Gasteiger partial charge in [-0.05, 0) is 56.5 Å². The Morgan fingerprint density at radius 1 is 1.00 bits per heavy atom. The van der Waals surface area contributed by atoms with Gasteiger partial charge in [0.05, 0.1) is 11.3 Å². The van der Waals surface area contributed by atoms with Crippen molar-refractivity contribution in [3.05, 3.63) is 45.7 Å². The van der Waals surface area contributed by atoms with Crippen molar-refractivity contribution in [3.63, 3.8) is 0 Å². The largest absolute Gasteiger partial charge is 0.493 e. The number of aryl methyl sites for hydroxylation is 4. The molecule has 0 amide bonds. The number of halogens is 1. The fourth-order valence-electron chi connectivity index (χ4n) is 2.82. The number of hydrogen-bond acceptors (Lipinski definition) is 3. The molecule has 0 saturated heterocycles. The van der Waals surface area contributed by atoms with Gasteiger partial charge < -0.3 is 5.11 Å². The van der Waals surface area contributed by atoms with Crippen molar-refractivity contribution in [1.82, 2.24) is 14.6 Å². The molecule has 0 radical (unpaired) electrons. The molecular formula is C16H16ClN3O. The summed E-state index contributed by atoms with van der Waals surface area (Å²) >= 11 is 6.12. The zero-order chi connectivity index (χ0) is 15.3. The summed E-state index contributed by atoms with van der Waals surface area (Å²) in [4.78, 5) is 4.55. The van der Waals surface area contributed by atoms with Crippen molar-refractivity contribution >= 4 is 17.2 Å². The molecule has 0 unspecified atom stereocenters. The molecule has 0 spiro atoms. The van der Waals surface area contributed by atoms with E-state index >= 15 is 0 Å². The summed E-state index contributed by atoms with van der Waals surface area (Å²) in [5, 5.41) is 15.2. The second-order valence-corrected chi connectivity index (χ2v) is 5.80. The summed E-state index contributed by atoms with van der Waals surface area (Å²) < 4.78 is 1.48. The van der Waals surface area contributed by atoms with Crippen LogP contribution < -0.4 is 0 Å². The third-order valence-corrected chi connectivity index (χ3v) is 3.84. The average Bonchev–Trinajstić information content (AvgIpc) is 2.66. The first-order valence-corrected chi connectivity index (χ1v) is 7.09. The summed E-state index contributed by atoms with van der Waals surface area (Å²) in [5.74, 6) is 0.0936. The lowest BCUT2D eigenvalue weighted by molar-refractivity contribution is 0.434. The predicted molar refractivity (Wildman–Crippen MR) is 84.0 cm³/mol. The molecule has 2 aromatic heterocycles. The lowest BCUT2D eigenvalue weighted by atomic mass is 9.96. The van der Waals surface area contributed by atoms with Gasteiger partial charge in [0.15, 0.2) is 5.65 Å². The number of hydrogen-bond donors (Lipinski definition) is 1. The molecule has 0 atom stereocenters. The third-order valence-electron chi connectivity index (χ3n) is 3.62. The Kier molecular flexibility index (Phi) is 3.14. The fraction of sp³-hybridized carbons (Fsp3) is 0.250. The number of rotatable bonds is 1. The van der Waals surface area contributed by atoms with Crippen molar-refractivity contribution < 1.29 is 5.11 Å². The molecule has 0 bridgehead atoms. The van der Waals surface area contributed by atoms with Gasteiger partial charge in [-0.25, -0.2) is 4.98 Å². The van der Waals surface area contributed by atoms with Gasteiger partial charge in [0.2, 0.25) is 5.88 Å². The summed E-state index contributed by atoms with van der Waals surface area (Å²) in [6.45, 7) is 7.82. The minimum absolute atomic E-state index is 0.0936. The molecule has 3 rings (SSSR count). The summed E-state index contributed by atoms with van der Waals surface area (Å²) in [7, 11) is 0. The van der Waals surface area contributed by atoms with Gasteiger partial charge in [-0.1, -0.05) is 11.6 Å². The van der Waals surface area contributed by atoms with Crippen LogP contribution in [0.3, 0.4) is 0 Å². The first-order valence-electron chi connectivity index (χ1n) is 6.71. The van der Waals surface area contributed by atoms with Crippen molar-refractivity contribution in [1.29, 1.82) is 0 Å². The number of aromatic nitrogens is 3. The van der Waals surface area contributed by atoms with Gasteiger partial charge in [-0.2, -0.15) is 9.61 Å². The van der Waals surface area contributed by atoms with Crippen LogP contribution in [-0.4, -0.2) is 19.7 Å². The van der Waals surface area contributed by atoms with Crippen LogP contribution in [-0.2, 0) is 0 Å². The van der Waals surface area contributed by atoms with Crippen molar-refractivity contribution in [2.75, 3.05) is 0 Å². The number of aromatic hydroxyl groups is 1. The molecule has 0 aliphatic rings. The Morgan fingerprint density at radius 2 is 1.62 bits per heavy atom. The highest BCUT2D eigenvalue weighted by Gasteiger charge is 2.19. The van der Waals surface area contributed by atoms with Gasteiger partial charge in [0.25, 0.3) is 0 Å². The van der Waals surface area contributed by atoms with Crippen LogP contribution in [0.4, 0.5) is 0 Å². The lowest BCUT2D eigenvalue weighted by Gasteiger charge is -2.10. The van der Waals surface area contributed by atoms with Crippen LogP contribution in [0.5, 0.6) is 5.88 Å². The molecule has 21 heavy (non-hydrogen) atoms. The van der Waals surface area contributed by atoms with E-state index in [9.17, 15) is 5.11 Å². The van der Waals surface area contributed by atoms with Gasteiger partial charge in [0, 0.05) is 16.8 Å². The third kappa shape index (κ3) is 2.16. The van der Waals surface area contributed by atoms with Gasteiger partial charge in [-0.3, -0.25) is 0 Å². The van der Waals surface area contributed by atoms with Crippen molar-refractivity contribution in [2.24, 2.45) is 0 Å². The number of fused-ring (bicyclic) bond motifs is 1. The minimum Gasteiger partial charge on any atom is -0.493 e. The van der Waals surface area contributed by atoms with Crippen LogP contribution in [0.25, 0.3) is 16.8 Å². The normalized spacial score (nSPS) is 11.3. The lowest BCUT2D eigenvalue weighted by Crippen LogP contribution is -1.95. The minimum atomic E-state index is 0.0936. The maximum atomic E-state index is 10.1. The van der Waals surface area contributed by atoms with E-state index in [1.165, 1.54) is 4.52 Å². The second-order valence-electron chi connectivity index (χ2n) is 5.37. The number of nitrogens with zero attached hydrogens (tertiary/aromatic N) is 3. The monoisotopic (exact) mass is 301 g/mol. The van der Waals surface area contributed by atoms with Gasteiger partial charge in [-0.15, -0.1) is 0 Å². The molecule has 1 aromatic carbocycles. The van der Waals surface area contributed by atoms with E-state index in [0.717, 1.165) is 38.7 Å². The van der Waals surface area contributed by atoms with E-state index in [2.05, 4.69) is 10.1 Å². The van der Waals surface area contributed by atoms with Crippen LogP contribution in [0.15, 0.2) is 18.2 Å². The molecule has 3 aromatic rings. The maximum absolute atomic E-state index is 10.1. The van der Waals surface area contributed by atoms with E-state index in [4.69, 9.17) is 11.6 Å². The zero-order valence-electron chi connectivity index (χ0n) is 12.4. The summed E-state index contributed by atoms with van der Waals surface area (Å²) in [6.07, 6.45) is 0. The van der Waals surface area contributed by atoms with E-state index in [0.29, 0.717) is 5.65 Å². The molecule has 0 aliphatic heterocycles. The Balaban J connectivity index is 2.44. The molecule has 0 aliphatic carbocycles. The van der Waals surface area contributed by atoms with Gasteiger partial charge in [0.1, 0.15) is 0 Å². The highest BCUT2D eigenvalue weighted by Crippen LogP contribution is 2.35. The topological polar surface area (TPSA) is 50.4 Å². The van der Waals surface area contributed by atoms with E-state index in [-0.39, 0.29) is 5.88 Å². The van der Waals surface area contributed by atoms with E-state index in [1.54, 1.807) is 6.07 Å². The highest BCUT2D eigenvalue weighted by molar-refractivity contribution is 6.30. The highest BCUT2D eigenvalue weighted by atomic mass is 35.5. The molecule has 2 heterocycles. The average molecular weight is 302 g/mol. The van der Waals surface area contributed by atoms with Crippen LogP contribution in [0.1, 0.15) is 22.5 Å². The van der Waals surface area contributed by atoms with Crippen LogP contribution in [0, 0.1) is 27.7 Å².